The summed E-state index contributed by atoms with van der Waals surface area (Å²) < 4.78 is 0. The van der Waals surface area contributed by atoms with Crippen molar-refractivity contribution in [3.8, 4) is 11.5 Å². The second-order valence-electron chi connectivity index (χ2n) is 11.6. The molecule has 18 nitrogen and oxygen atoms in total. The van der Waals surface area contributed by atoms with E-state index >= 15 is 0 Å². The number of rotatable bonds is 12. The second-order valence-corrected chi connectivity index (χ2v) is 11.6. The predicted molar refractivity (Wildman–Crippen MR) is 210 cm³/mol. The summed E-state index contributed by atoms with van der Waals surface area (Å²) in [7, 11) is 0. The molecule has 57 heavy (non-hydrogen) atoms. The smallest absolute Gasteiger partial charge is 0.506 e. The monoisotopic (exact) mass is 820 g/mol. The first-order chi connectivity index (χ1) is 27.0. The van der Waals surface area contributed by atoms with Crippen LogP contribution >= 0.6 is 0 Å². The first-order valence-electron chi connectivity index (χ1n) is 16.8. The molecular weight excluding hydrogens is 782 g/mol. The molecule has 0 saturated carbocycles. The minimum absolute atomic E-state index is 0. The van der Waals surface area contributed by atoms with Crippen LogP contribution < -0.4 is 10.9 Å². The molecule has 4 aromatic carbocycles. The van der Waals surface area contributed by atoms with Crippen molar-refractivity contribution in [1.82, 2.24) is 4.90 Å². The number of hydrazone groups is 2. The number of phenols is 2. The minimum Gasteiger partial charge on any atom is -0.506 e. The maximum absolute atomic E-state index is 12.0. The molecule has 0 radical (unpaired) electrons. The number of nitro benzene ring substituents is 2. The molecule has 296 valence electrons. The Kier molecular flexibility index (Phi) is 17.4. The molecule has 0 amide bonds. The number of ketones is 2. The number of aliphatic hydroxyl groups is 3. The number of nitrogens with zero attached hydrogens (tertiary/aromatic N) is 5. The van der Waals surface area contributed by atoms with Crippen LogP contribution in [-0.4, -0.2) is 103 Å². The Morgan fingerprint density at radius 3 is 1.49 bits per heavy atom. The summed E-state index contributed by atoms with van der Waals surface area (Å²) in [6.45, 7) is 1.75. The average Bonchev–Trinajstić information content (AvgIpc) is 3.19. The SMILES string of the molecule is O=C1C=Cc2ccccc2/C1=N/Nc1cc([N+](=O)[O-])ccc1O.O=C1C=Cc2ccccc2/C1=N/Nc1ccc([N+](=O)[O-])cc1O.OCCN(CCO)CCO.[Cr].[H+]. The van der Waals surface area contributed by atoms with Crippen molar-refractivity contribution >= 4 is 57.9 Å². The van der Waals surface area contributed by atoms with E-state index in [1.807, 2.05) is 24.3 Å². The topological polar surface area (TPSA) is 274 Å². The van der Waals surface area contributed by atoms with Crippen LogP contribution in [0.2, 0.25) is 0 Å². The van der Waals surface area contributed by atoms with E-state index in [4.69, 9.17) is 15.3 Å². The van der Waals surface area contributed by atoms with Gasteiger partial charge in [-0.3, -0.25) is 45.6 Å². The zero-order valence-corrected chi connectivity index (χ0v) is 31.2. The third kappa shape index (κ3) is 12.5. The molecule has 19 heteroatoms. The predicted octanol–water partition coefficient (Wildman–Crippen LogP) is 3.80. The molecule has 0 atom stereocenters. The van der Waals surface area contributed by atoms with Gasteiger partial charge in [0.15, 0.2) is 0 Å². The molecular formula is C38H38CrN7O11+. The zero-order valence-electron chi connectivity index (χ0n) is 31.0. The summed E-state index contributed by atoms with van der Waals surface area (Å²) in [4.78, 5) is 46.0. The molecule has 6 rings (SSSR count). The number of carbonyl (C=O) groups is 2. The molecule has 0 aliphatic heterocycles. The summed E-state index contributed by atoms with van der Waals surface area (Å²) in [5.74, 6) is -1.08. The van der Waals surface area contributed by atoms with Gasteiger partial charge in [-0.05, 0) is 35.4 Å². The van der Waals surface area contributed by atoms with Gasteiger partial charge in [-0.15, -0.1) is 0 Å². The number of carbonyl (C=O) groups excluding carboxylic acids is 2. The van der Waals surface area contributed by atoms with Crippen molar-refractivity contribution in [2.75, 3.05) is 50.3 Å². The van der Waals surface area contributed by atoms with Gasteiger partial charge in [0.05, 0.1) is 41.4 Å². The average molecular weight is 821 g/mol. The van der Waals surface area contributed by atoms with Crippen LogP contribution in [0.15, 0.2) is 107 Å². The molecule has 7 N–H and O–H groups in total. The van der Waals surface area contributed by atoms with Crippen LogP contribution in [0.1, 0.15) is 23.7 Å². The standard InChI is InChI=1S/2C16H11N3O4.C6H15NO3.Cr/c20-14-8-5-10-3-1-2-4-12(10)16(14)18-17-13-7-6-11(19(22)23)9-15(13)21;20-14-8-6-11(19(22)23)9-13(14)17-18-16-12-4-2-1-3-10(12)5-7-15(16)21;8-4-1-7(2-5-9)3-6-10;/h1-9,17,21H;1-9,17,20H;8-10H,1-6H2;/p+1/b2*18-16-;;. The maximum atomic E-state index is 12.0. The quantitative estimate of drug-likeness (QED) is 0.0609. The van der Waals surface area contributed by atoms with Crippen LogP contribution in [0, 0.1) is 20.2 Å². The molecule has 2 aliphatic rings. The summed E-state index contributed by atoms with van der Waals surface area (Å²) in [6, 6.07) is 21.6. The number of phenolic OH excluding ortho intramolecular Hbond substituents is 2. The van der Waals surface area contributed by atoms with E-state index < -0.39 is 9.85 Å². The molecule has 2 aliphatic carbocycles. The Labute approximate surface area is 337 Å². The third-order valence-electron chi connectivity index (χ3n) is 7.94. The van der Waals surface area contributed by atoms with Crippen molar-refractivity contribution in [1.29, 1.82) is 0 Å². The molecule has 0 heterocycles. The number of aromatic hydroxyl groups is 2. The summed E-state index contributed by atoms with van der Waals surface area (Å²) in [5, 5.41) is 74.5. The number of hydrogen-bond acceptors (Lipinski definition) is 16. The molecule has 0 saturated heterocycles. The maximum Gasteiger partial charge on any atom is 1.00 e. The van der Waals surface area contributed by atoms with Crippen LogP contribution in [0.4, 0.5) is 22.7 Å². The number of nitro groups is 2. The van der Waals surface area contributed by atoms with Crippen LogP contribution in [0.3, 0.4) is 0 Å². The molecule has 0 aromatic heterocycles. The molecule has 4 aromatic rings. The van der Waals surface area contributed by atoms with E-state index in [0.717, 1.165) is 23.3 Å². The van der Waals surface area contributed by atoms with E-state index in [2.05, 4.69) is 21.1 Å². The van der Waals surface area contributed by atoms with E-state index in [-0.39, 0.29) is 95.8 Å². The first kappa shape index (κ1) is 44.8. The van der Waals surface area contributed by atoms with Gasteiger partial charge in [-0.2, -0.15) is 10.2 Å². The van der Waals surface area contributed by atoms with Gasteiger partial charge in [0.25, 0.3) is 11.4 Å². The van der Waals surface area contributed by atoms with Crippen LogP contribution in [-0.2, 0) is 27.0 Å². The van der Waals surface area contributed by atoms with E-state index in [1.54, 1.807) is 41.3 Å². The molecule has 0 fully saturated rings. The first-order valence-corrected chi connectivity index (χ1v) is 16.8. The van der Waals surface area contributed by atoms with Gasteiger partial charge >= 0.3 is 1.43 Å². The number of benzene rings is 4. The van der Waals surface area contributed by atoms with Gasteiger partial charge in [0, 0.05) is 66.3 Å². The molecule has 0 spiro atoms. The number of fused-ring (bicyclic) bond motifs is 2. The second kappa shape index (κ2) is 22.1. The number of anilines is 2. The molecule has 0 bridgehead atoms. The van der Waals surface area contributed by atoms with Gasteiger partial charge < -0.3 is 25.5 Å². The Morgan fingerprint density at radius 2 is 1.04 bits per heavy atom. The minimum atomic E-state index is -0.610. The molecule has 0 unspecified atom stereocenters. The van der Waals surface area contributed by atoms with Crippen molar-refractivity contribution in [3.05, 3.63) is 140 Å². The number of aliphatic hydroxyl groups excluding tert-OH is 3. The fourth-order valence-electron chi connectivity index (χ4n) is 5.15. The van der Waals surface area contributed by atoms with E-state index in [1.165, 1.54) is 36.4 Å². The third-order valence-corrected chi connectivity index (χ3v) is 7.94. The Bertz CT molecular complexity index is 2200. The normalized spacial score (nSPS) is 13.7. The number of hydrogen-bond donors (Lipinski definition) is 7. The number of non-ortho nitro benzene ring substituents is 2. The largest absolute Gasteiger partial charge is 1.00 e. The van der Waals surface area contributed by atoms with Crippen molar-refractivity contribution in [3.63, 3.8) is 0 Å². The van der Waals surface area contributed by atoms with Gasteiger partial charge in [0.1, 0.15) is 28.6 Å². The van der Waals surface area contributed by atoms with Crippen molar-refractivity contribution < 1.29 is 63.8 Å². The summed E-state index contributed by atoms with van der Waals surface area (Å²) >= 11 is 0. The Balaban J connectivity index is 0.000000318. The number of nitrogens with one attached hydrogen (secondary N) is 2. The van der Waals surface area contributed by atoms with Gasteiger partial charge in [-0.25, -0.2) is 0 Å². The van der Waals surface area contributed by atoms with Crippen molar-refractivity contribution in [2.45, 2.75) is 0 Å². The fourth-order valence-corrected chi connectivity index (χ4v) is 5.15. The summed E-state index contributed by atoms with van der Waals surface area (Å²) in [5.41, 5.74) is 8.31. The Hall–Kier alpha value is -6.59. The van der Waals surface area contributed by atoms with E-state index in [9.17, 15) is 40.0 Å². The number of allylic oxidation sites excluding steroid dienone is 2. The van der Waals surface area contributed by atoms with Crippen molar-refractivity contribution in [2.24, 2.45) is 10.2 Å². The van der Waals surface area contributed by atoms with Crippen LogP contribution in [0.25, 0.3) is 12.2 Å². The van der Waals surface area contributed by atoms with E-state index in [0.29, 0.717) is 30.8 Å². The summed E-state index contributed by atoms with van der Waals surface area (Å²) in [6.07, 6.45) is 6.22. The van der Waals surface area contributed by atoms with Crippen LogP contribution in [0.5, 0.6) is 11.5 Å². The Morgan fingerprint density at radius 1 is 0.596 bits per heavy atom. The zero-order chi connectivity index (χ0) is 40.6. The fraction of sp³-hybridized carbons (Fsp3) is 0.158. The van der Waals surface area contributed by atoms with Gasteiger partial charge in [-0.1, -0.05) is 60.7 Å². The van der Waals surface area contributed by atoms with Gasteiger partial charge in [0.2, 0.25) is 11.6 Å².